The molecule has 4 aromatic rings. The number of thiazole rings is 1. The topological polar surface area (TPSA) is 172 Å². The van der Waals surface area contributed by atoms with Gasteiger partial charge in [-0.25, -0.2) is 9.59 Å². The monoisotopic (exact) mass is 788 g/mol. The number of aromatic nitrogens is 1. The number of hydrogen-bond donors (Lipinski definition) is 6. The van der Waals surface area contributed by atoms with Gasteiger partial charge in [0.05, 0.1) is 4.70 Å². The summed E-state index contributed by atoms with van der Waals surface area (Å²) in [4.78, 5) is 47.5. The van der Waals surface area contributed by atoms with E-state index in [9.17, 15) is 41.0 Å². The number of alkyl halides is 6. The average Bonchev–Trinajstić information content (AvgIpc) is 3.51. The summed E-state index contributed by atoms with van der Waals surface area (Å²) in [6.45, 7) is 8.49. The molecule has 54 heavy (non-hydrogen) atoms. The highest BCUT2D eigenvalue weighted by Gasteiger charge is 2.39. The third-order valence-electron chi connectivity index (χ3n) is 7.70. The maximum atomic E-state index is 13.4. The molecule has 0 atom stereocenters. The number of aliphatic carboxylic acids is 2. The van der Waals surface area contributed by atoms with Crippen molar-refractivity contribution in [2.45, 2.75) is 50.9 Å². The largest absolute Gasteiger partial charge is 0.506 e. The standard InChI is InChI=1S/C32H40N4O3S.2C2HF3O2/c1-32(2,26-11-7-4-8-12-26)23-36(28(38)17-20-33-18-15-24-9-5-3-6-10-24)22-21-34-19-16-25-13-14-27(37)29-30(25)40-31(39)35-29;2*3-2(4,5)1(6)7/h3-14,33-34,37H,15-23H2,1-2H3,(H,35,39);2*(H,6,7). The van der Waals surface area contributed by atoms with E-state index in [4.69, 9.17) is 19.8 Å². The van der Waals surface area contributed by atoms with Crippen LogP contribution in [0.25, 0.3) is 10.2 Å². The summed E-state index contributed by atoms with van der Waals surface area (Å²) in [5.74, 6) is -5.27. The highest BCUT2D eigenvalue weighted by molar-refractivity contribution is 7.16. The summed E-state index contributed by atoms with van der Waals surface area (Å²) < 4.78 is 64.3. The SMILES string of the molecule is CC(C)(CN(CCNCCc1ccc(O)c2[nH]c(=O)sc12)C(=O)CCNCCc1ccccc1)c1ccccc1.O=C(O)C(F)(F)F.O=C(O)C(F)(F)F. The second-order valence-electron chi connectivity index (χ2n) is 12.4. The summed E-state index contributed by atoms with van der Waals surface area (Å²) in [6.07, 6.45) is -8.05. The van der Waals surface area contributed by atoms with Crippen molar-refractivity contribution in [1.82, 2.24) is 20.5 Å². The number of rotatable bonds is 15. The number of amides is 1. The second-order valence-corrected chi connectivity index (χ2v) is 13.4. The van der Waals surface area contributed by atoms with Crippen molar-refractivity contribution in [1.29, 1.82) is 0 Å². The fourth-order valence-electron chi connectivity index (χ4n) is 4.94. The van der Waals surface area contributed by atoms with Crippen LogP contribution in [0.4, 0.5) is 26.3 Å². The van der Waals surface area contributed by atoms with Crippen LogP contribution in [-0.4, -0.2) is 94.7 Å². The molecule has 0 spiro atoms. The van der Waals surface area contributed by atoms with Gasteiger partial charge in [-0.15, -0.1) is 0 Å². The normalized spacial score (nSPS) is 11.6. The van der Waals surface area contributed by atoms with E-state index in [2.05, 4.69) is 53.7 Å². The number of fused-ring (bicyclic) bond motifs is 1. The second kappa shape index (κ2) is 21.1. The number of benzene rings is 3. The number of phenolic OH excluding ortho intramolecular Hbond substituents is 1. The molecule has 0 bridgehead atoms. The van der Waals surface area contributed by atoms with Crippen molar-refractivity contribution in [3.05, 3.63) is 99.2 Å². The molecule has 11 nitrogen and oxygen atoms in total. The van der Waals surface area contributed by atoms with Gasteiger partial charge in [0.2, 0.25) is 5.91 Å². The fourth-order valence-corrected chi connectivity index (χ4v) is 5.83. The quantitative estimate of drug-likeness (QED) is 0.0651. The molecular formula is C36H42F6N4O7S. The number of hydrogen-bond acceptors (Lipinski definition) is 8. The lowest BCUT2D eigenvalue weighted by Gasteiger charge is -2.33. The molecule has 3 aromatic carbocycles. The molecule has 6 N–H and O–H groups in total. The van der Waals surface area contributed by atoms with E-state index in [0.29, 0.717) is 44.7 Å². The lowest BCUT2D eigenvalue weighted by molar-refractivity contribution is -0.193. The molecule has 4 rings (SSSR count). The Morgan fingerprint density at radius 2 is 1.28 bits per heavy atom. The van der Waals surface area contributed by atoms with Crippen LogP contribution in [0.3, 0.4) is 0 Å². The predicted octanol–water partition coefficient (Wildman–Crippen LogP) is 5.72. The Hall–Kier alpha value is -4.94. The Morgan fingerprint density at radius 1 is 0.759 bits per heavy atom. The maximum Gasteiger partial charge on any atom is 0.490 e. The van der Waals surface area contributed by atoms with Gasteiger partial charge in [-0.05, 0) is 48.7 Å². The van der Waals surface area contributed by atoms with Crippen molar-refractivity contribution >= 4 is 39.4 Å². The number of aromatic amines is 1. The summed E-state index contributed by atoms with van der Waals surface area (Å²) in [5.41, 5.74) is 3.84. The number of phenols is 1. The summed E-state index contributed by atoms with van der Waals surface area (Å²) >= 11 is 1.12. The predicted molar refractivity (Wildman–Crippen MR) is 192 cm³/mol. The average molecular weight is 789 g/mol. The minimum absolute atomic E-state index is 0.0924. The van der Waals surface area contributed by atoms with E-state index in [-0.39, 0.29) is 21.9 Å². The number of nitrogens with zero attached hydrogens (tertiary/aromatic N) is 1. The van der Waals surface area contributed by atoms with Crippen LogP contribution in [0, 0.1) is 0 Å². The molecule has 1 aromatic heterocycles. The van der Waals surface area contributed by atoms with Crippen LogP contribution in [0.1, 0.15) is 37.0 Å². The molecule has 18 heteroatoms. The lowest BCUT2D eigenvalue weighted by atomic mass is 9.84. The van der Waals surface area contributed by atoms with Gasteiger partial charge >= 0.3 is 29.2 Å². The lowest BCUT2D eigenvalue weighted by Crippen LogP contribution is -2.45. The zero-order valence-corrected chi connectivity index (χ0v) is 30.2. The number of carbonyl (C=O) groups is 3. The van der Waals surface area contributed by atoms with E-state index in [1.54, 1.807) is 6.07 Å². The summed E-state index contributed by atoms with van der Waals surface area (Å²) in [6, 6.07) is 24.2. The Balaban J connectivity index is 0.000000610. The fraction of sp³-hybridized carbons (Fsp3) is 0.389. The minimum atomic E-state index is -5.08. The third-order valence-corrected chi connectivity index (χ3v) is 8.65. The smallest absolute Gasteiger partial charge is 0.490 e. The number of carboxylic acids is 2. The van der Waals surface area contributed by atoms with Crippen LogP contribution in [0.2, 0.25) is 0 Å². The Morgan fingerprint density at radius 3 is 1.83 bits per heavy atom. The molecule has 0 aliphatic rings. The van der Waals surface area contributed by atoms with Crippen molar-refractivity contribution in [2.24, 2.45) is 0 Å². The number of H-pyrrole nitrogens is 1. The Labute approximate surface area is 310 Å². The molecule has 296 valence electrons. The molecule has 0 aliphatic carbocycles. The van der Waals surface area contributed by atoms with Crippen LogP contribution in [-0.2, 0) is 32.6 Å². The molecule has 0 unspecified atom stereocenters. The van der Waals surface area contributed by atoms with Gasteiger partial charge in [-0.1, -0.05) is 91.9 Å². The molecule has 0 saturated heterocycles. The summed E-state index contributed by atoms with van der Waals surface area (Å²) in [7, 11) is 0. The van der Waals surface area contributed by atoms with E-state index < -0.39 is 24.3 Å². The zero-order valence-electron chi connectivity index (χ0n) is 29.4. The molecule has 1 heterocycles. The van der Waals surface area contributed by atoms with Gasteiger partial charge in [0.15, 0.2) is 0 Å². The molecular weight excluding hydrogens is 746 g/mol. The van der Waals surface area contributed by atoms with Gasteiger partial charge in [0.25, 0.3) is 0 Å². The first kappa shape index (κ1) is 45.2. The van der Waals surface area contributed by atoms with Crippen LogP contribution >= 0.6 is 11.3 Å². The van der Waals surface area contributed by atoms with Gasteiger partial charge in [0.1, 0.15) is 11.3 Å². The number of carboxylic acid groups (broad SMARTS) is 2. The van der Waals surface area contributed by atoms with Gasteiger partial charge in [-0.2, -0.15) is 26.3 Å². The summed E-state index contributed by atoms with van der Waals surface area (Å²) in [5, 5.41) is 31.2. The van der Waals surface area contributed by atoms with Crippen LogP contribution < -0.4 is 15.5 Å². The maximum absolute atomic E-state index is 13.4. The minimum Gasteiger partial charge on any atom is -0.506 e. The number of halogens is 6. The van der Waals surface area contributed by atoms with E-state index in [0.717, 1.165) is 41.0 Å². The zero-order chi connectivity index (χ0) is 40.5. The van der Waals surface area contributed by atoms with Crippen molar-refractivity contribution in [3.63, 3.8) is 0 Å². The first-order chi connectivity index (χ1) is 25.2. The van der Waals surface area contributed by atoms with Crippen molar-refractivity contribution < 1.29 is 56.0 Å². The van der Waals surface area contributed by atoms with Crippen LogP contribution in [0.5, 0.6) is 5.75 Å². The number of nitrogens with one attached hydrogen (secondary N) is 3. The first-order valence-corrected chi connectivity index (χ1v) is 17.3. The molecule has 0 saturated carbocycles. The molecule has 0 radical (unpaired) electrons. The van der Waals surface area contributed by atoms with Gasteiger partial charge in [-0.3, -0.25) is 9.59 Å². The Bertz CT molecular complexity index is 1810. The van der Waals surface area contributed by atoms with Crippen molar-refractivity contribution in [3.8, 4) is 5.75 Å². The molecule has 0 aliphatic heterocycles. The molecule has 0 fully saturated rings. The molecule has 1 amide bonds. The van der Waals surface area contributed by atoms with E-state index in [1.807, 2.05) is 47.4 Å². The van der Waals surface area contributed by atoms with Gasteiger partial charge < -0.3 is 35.8 Å². The number of aromatic hydroxyl groups is 1. The highest BCUT2D eigenvalue weighted by atomic mass is 32.1. The van der Waals surface area contributed by atoms with E-state index in [1.165, 1.54) is 11.1 Å². The van der Waals surface area contributed by atoms with Crippen molar-refractivity contribution in [2.75, 3.05) is 39.3 Å². The van der Waals surface area contributed by atoms with E-state index >= 15 is 0 Å². The Kier molecular flexibility index (Phi) is 17.7. The first-order valence-electron chi connectivity index (χ1n) is 16.4. The van der Waals surface area contributed by atoms with Gasteiger partial charge in [0, 0.05) is 38.0 Å². The number of carbonyl (C=O) groups excluding carboxylic acids is 1. The van der Waals surface area contributed by atoms with Crippen LogP contribution in [0.15, 0.2) is 77.6 Å². The third kappa shape index (κ3) is 16.0. The highest BCUT2D eigenvalue weighted by Crippen LogP contribution is 2.28.